The summed E-state index contributed by atoms with van der Waals surface area (Å²) in [6.45, 7) is 10.8. The Morgan fingerprint density at radius 1 is 1.26 bits per heavy atom. The van der Waals surface area contributed by atoms with E-state index in [1.807, 2.05) is 33.8 Å². The van der Waals surface area contributed by atoms with E-state index in [9.17, 15) is 14.4 Å². The first-order valence-corrected chi connectivity index (χ1v) is 12.2. The number of rotatable bonds is 8. The average molecular weight is 488 g/mol. The molecule has 1 aliphatic heterocycles. The van der Waals surface area contributed by atoms with Crippen LogP contribution in [0, 0.1) is 5.92 Å². The molecular weight excluding hydrogens is 450 g/mol. The number of nitrogens with zero attached hydrogens (tertiary/aromatic N) is 2. The second-order valence-electron chi connectivity index (χ2n) is 9.89. The summed E-state index contributed by atoms with van der Waals surface area (Å²) >= 11 is 0. The quantitative estimate of drug-likeness (QED) is 0.566. The number of anilines is 1. The summed E-state index contributed by atoms with van der Waals surface area (Å²) in [6.07, 6.45) is 3.68. The molecule has 0 radical (unpaired) electrons. The normalized spacial score (nSPS) is 16.9. The van der Waals surface area contributed by atoms with Crippen molar-refractivity contribution >= 4 is 23.1 Å². The smallest absolute Gasteiger partial charge is 0.343 e. The van der Waals surface area contributed by atoms with Crippen molar-refractivity contribution in [3.63, 3.8) is 0 Å². The lowest BCUT2D eigenvalue weighted by Crippen LogP contribution is -2.39. The van der Waals surface area contributed by atoms with Crippen molar-refractivity contribution in [2.45, 2.75) is 65.5 Å². The van der Waals surface area contributed by atoms with Gasteiger partial charge >= 0.3 is 11.9 Å². The Labute approximate surface area is 206 Å². The number of fused-ring (bicyclic) bond motifs is 1. The maximum Gasteiger partial charge on any atom is 0.343 e. The lowest BCUT2D eigenvalue weighted by molar-refractivity contribution is -0.156. The molecule has 2 N–H and O–H groups in total. The number of carbonyl (C=O) groups is 2. The summed E-state index contributed by atoms with van der Waals surface area (Å²) in [5, 5.41) is 0. The van der Waals surface area contributed by atoms with Gasteiger partial charge in [-0.05, 0) is 70.6 Å². The number of hydrogen-bond donors (Lipinski definition) is 1. The third-order valence-electron chi connectivity index (χ3n) is 6.15. The van der Waals surface area contributed by atoms with Gasteiger partial charge in [-0.1, -0.05) is 6.92 Å². The van der Waals surface area contributed by atoms with Crippen molar-refractivity contribution in [3.8, 4) is 5.75 Å². The van der Waals surface area contributed by atoms with Gasteiger partial charge in [-0.3, -0.25) is 14.0 Å². The predicted molar refractivity (Wildman–Crippen MR) is 134 cm³/mol. The number of esters is 2. The summed E-state index contributed by atoms with van der Waals surface area (Å²) < 4.78 is 17.8. The molecule has 35 heavy (non-hydrogen) atoms. The third-order valence-corrected chi connectivity index (χ3v) is 6.15. The Hall–Kier alpha value is -3.07. The lowest BCUT2D eigenvalue weighted by Gasteiger charge is -2.25. The third kappa shape index (κ3) is 5.78. The lowest BCUT2D eigenvalue weighted by atomic mass is 9.99. The summed E-state index contributed by atoms with van der Waals surface area (Å²) in [7, 11) is 1.58. The first-order chi connectivity index (χ1) is 16.5. The number of ether oxygens (including phenoxy) is 3. The van der Waals surface area contributed by atoms with Crippen LogP contribution in [0.3, 0.4) is 0 Å². The van der Waals surface area contributed by atoms with Crippen LogP contribution >= 0.6 is 0 Å². The van der Waals surface area contributed by atoms with Crippen LogP contribution in [0.15, 0.2) is 23.1 Å². The zero-order valence-electron chi connectivity index (χ0n) is 21.6. The molecule has 9 heteroatoms. The number of methoxy groups -OCH3 is 1. The summed E-state index contributed by atoms with van der Waals surface area (Å²) in [5.41, 5.74) is 7.45. The molecule has 2 aromatic rings. The van der Waals surface area contributed by atoms with Crippen LogP contribution < -0.4 is 20.9 Å². The average Bonchev–Trinajstić information content (AvgIpc) is 3.25. The molecule has 9 nitrogen and oxygen atoms in total. The highest BCUT2D eigenvalue weighted by Gasteiger charge is 2.31. The van der Waals surface area contributed by atoms with Crippen LogP contribution in [0.4, 0.5) is 5.69 Å². The molecule has 3 rings (SSSR count). The van der Waals surface area contributed by atoms with Crippen LogP contribution in [-0.4, -0.2) is 54.8 Å². The van der Waals surface area contributed by atoms with E-state index >= 15 is 0 Å². The molecule has 0 bridgehead atoms. The second-order valence-corrected chi connectivity index (χ2v) is 9.89. The van der Waals surface area contributed by atoms with Crippen LogP contribution in [0.1, 0.15) is 63.4 Å². The second kappa shape index (κ2) is 10.7. The Kier molecular flexibility index (Phi) is 8.10. The Morgan fingerprint density at radius 2 is 1.97 bits per heavy atom. The Balaban J connectivity index is 1.90. The molecule has 0 saturated carbocycles. The first kappa shape index (κ1) is 26.5. The number of carbonyl (C=O) groups excluding carboxylic acids is 2. The molecule has 0 amide bonds. The van der Waals surface area contributed by atoms with E-state index in [4.69, 9.17) is 19.9 Å². The van der Waals surface area contributed by atoms with Gasteiger partial charge in [0, 0.05) is 19.3 Å². The molecule has 1 aliphatic rings. The minimum atomic E-state index is -0.677. The van der Waals surface area contributed by atoms with Gasteiger partial charge in [0.25, 0.3) is 5.56 Å². The van der Waals surface area contributed by atoms with E-state index in [1.165, 1.54) is 4.40 Å². The van der Waals surface area contributed by atoms with Crippen molar-refractivity contribution in [2.75, 3.05) is 31.7 Å². The van der Waals surface area contributed by atoms with Gasteiger partial charge < -0.3 is 24.8 Å². The maximum atomic E-state index is 13.1. The fourth-order valence-electron chi connectivity index (χ4n) is 4.58. The molecule has 2 aromatic heterocycles. The molecule has 1 saturated heterocycles. The van der Waals surface area contributed by atoms with Crippen LogP contribution in [0.25, 0.3) is 5.52 Å². The largest absolute Gasteiger partial charge is 0.492 e. The van der Waals surface area contributed by atoms with E-state index in [-0.39, 0.29) is 24.1 Å². The van der Waals surface area contributed by atoms with E-state index in [0.717, 1.165) is 24.2 Å². The SMILES string of the molecule is CCOC(=O)c1cc(CC)c2c(OC)c(N3CCC(CC(N)C(=O)OC(C)(C)C)C3)ccn2c1=O. The zero-order valence-corrected chi connectivity index (χ0v) is 21.6. The van der Waals surface area contributed by atoms with Gasteiger partial charge in [-0.2, -0.15) is 0 Å². The van der Waals surface area contributed by atoms with E-state index < -0.39 is 23.2 Å². The molecule has 0 aromatic carbocycles. The molecule has 2 unspecified atom stereocenters. The first-order valence-electron chi connectivity index (χ1n) is 12.2. The molecule has 192 valence electrons. The van der Waals surface area contributed by atoms with E-state index in [0.29, 0.717) is 30.7 Å². The minimum absolute atomic E-state index is 0.00775. The fourth-order valence-corrected chi connectivity index (χ4v) is 4.58. The number of aromatic nitrogens is 1. The van der Waals surface area contributed by atoms with Gasteiger partial charge in [-0.15, -0.1) is 0 Å². The van der Waals surface area contributed by atoms with E-state index in [2.05, 4.69) is 4.90 Å². The molecule has 3 heterocycles. The number of pyridine rings is 2. The fraction of sp³-hybridized carbons (Fsp3) is 0.577. The molecular formula is C26H37N3O6. The summed E-state index contributed by atoms with van der Waals surface area (Å²) in [6, 6.07) is 2.76. The molecule has 0 aliphatic carbocycles. The minimum Gasteiger partial charge on any atom is -0.492 e. The zero-order chi connectivity index (χ0) is 25.9. The molecule has 1 fully saturated rings. The van der Waals surface area contributed by atoms with Crippen LogP contribution in [-0.2, 0) is 20.7 Å². The predicted octanol–water partition coefficient (Wildman–Crippen LogP) is 2.93. The van der Waals surface area contributed by atoms with Crippen LogP contribution in [0.2, 0.25) is 0 Å². The standard InChI is InChI=1S/C26H37N3O6/c1-7-17-14-18(24(31)34-8-2)23(30)29-12-10-20(22(33-6)21(17)29)28-11-9-16(15-28)13-19(27)25(32)35-26(3,4)5/h10,12,14,16,19H,7-9,11,13,15,27H2,1-6H3. The summed E-state index contributed by atoms with van der Waals surface area (Å²) in [4.78, 5) is 39.9. The molecule has 2 atom stereocenters. The topological polar surface area (TPSA) is 113 Å². The summed E-state index contributed by atoms with van der Waals surface area (Å²) in [5.74, 6) is -0.219. The Morgan fingerprint density at radius 3 is 2.57 bits per heavy atom. The van der Waals surface area contributed by atoms with Gasteiger partial charge in [0.15, 0.2) is 5.75 Å². The number of hydrogen-bond acceptors (Lipinski definition) is 8. The monoisotopic (exact) mass is 487 g/mol. The van der Waals surface area contributed by atoms with Crippen molar-refractivity contribution in [3.05, 3.63) is 39.8 Å². The highest BCUT2D eigenvalue weighted by molar-refractivity contribution is 5.91. The van der Waals surface area contributed by atoms with Crippen molar-refractivity contribution in [1.82, 2.24) is 4.40 Å². The number of aryl methyl sites for hydroxylation is 1. The van der Waals surface area contributed by atoms with Gasteiger partial charge in [0.1, 0.15) is 17.2 Å². The van der Waals surface area contributed by atoms with E-state index in [1.54, 1.807) is 26.3 Å². The molecule has 0 spiro atoms. The number of nitrogens with two attached hydrogens (primary N) is 1. The highest BCUT2D eigenvalue weighted by atomic mass is 16.6. The van der Waals surface area contributed by atoms with Crippen LogP contribution in [0.5, 0.6) is 5.75 Å². The maximum absolute atomic E-state index is 13.1. The Bertz CT molecular complexity index is 1150. The van der Waals surface area contributed by atoms with Crippen molar-refractivity contribution in [2.24, 2.45) is 11.7 Å². The van der Waals surface area contributed by atoms with Crippen molar-refractivity contribution < 1.29 is 23.8 Å². The van der Waals surface area contributed by atoms with Gasteiger partial charge in [0.05, 0.1) is 24.9 Å². The van der Waals surface area contributed by atoms with Crippen molar-refractivity contribution in [1.29, 1.82) is 0 Å². The van der Waals surface area contributed by atoms with Gasteiger partial charge in [-0.25, -0.2) is 4.79 Å². The van der Waals surface area contributed by atoms with Gasteiger partial charge in [0.2, 0.25) is 0 Å². The highest BCUT2D eigenvalue weighted by Crippen LogP contribution is 2.37.